The molecule has 0 aliphatic carbocycles. The van der Waals surface area contributed by atoms with Gasteiger partial charge in [-0.05, 0) is 67.6 Å². The number of unbranched alkanes of at least 4 members (excludes halogenated alkanes) is 1. The van der Waals surface area contributed by atoms with Gasteiger partial charge in [-0.25, -0.2) is 8.42 Å². The van der Waals surface area contributed by atoms with E-state index in [2.05, 4.69) is 0 Å². The molecule has 3 aromatic rings. The van der Waals surface area contributed by atoms with Crippen molar-refractivity contribution in [2.45, 2.75) is 42.2 Å². The molecule has 35 heavy (non-hydrogen) atoms. The largest absolute Gasteiger partial charge is 0.497 e. The Hall–Kier alpha value is -3.32. The highest BCUT2D eigenvalue weighted by Crippen LogP contribution is 2.30. The lowest BCUT2D eigenvalue weighted by Crippen LogP contribution is -2.36. The van der Waals surface area contributed by atoms with Gasteiger partial charge >= 0.3 is 5.97 Å². The van der Waals surface area contributed by atoms with Gasteiger partial charge in [0, 0.05) is 0 Å². The van der Waals surface area contributed by atoms with Crippen molar-refractivity contribution in [3.63, 3.8) is 0 Å². The highest BCUT2D eigenvalue weighted by atomic mass is 32.2. The summed E-state index contributed by atoms with van der Waals surface area (Å²) in [6, 6.07) is 25.2. The van der Waals surface area contributed by atoms with Gasteiger partial charge in [0.05, 0.1) is 29.8 Å². The number of carboxylic acid groups (broad SMARTS) is 1. The van der Waals surface area contributed by atoms with Crippen LogP contribution in [0, 0.1) is 5.92 Å². The number of aliphatic carboxylic acids is 1. The lowest BCUT2D eigenvalue weighted by Gasteiger charge is -2.24. The topological polar surface area (TPSA) is 89.9 Å². The van der Waals surface area contributed by atoms with Gasteiger partial charge < -0.3 is 14.6 Å². The zero-order chi connectivity index (χ0) is 25.1. The molecule has 0 aliphatic rings. The zero-order valence-electron chi connectivity index (χ0n) is 19.9. The van der Waals surface area contributed by atoms with Crippen molar-refractivity contribution in [1.29, 1.82) is 0 Å². The molecule has 0 unspecified atom stereocenters. The quantitative estimate of drug-likeness (QED) is 0.300. The first-order valence-electron chi connectivity index (χ1n) is 11.7. The van der Waals surface area contributed by atoms with Crippen molar-refractivity contribution in [3.05, 3.63) is 90.5 Å². The number of sulfone groups is 1. The first kappa shape index (κ1) is 26.3. The van der Waals surface area contributed by atoms with Gasteiger partial charge in [-0.1, -0.05) is 55.0 Å². The highest BCUT2D eigenvalue weighted by molar-refractivity contribution is 7.92. The molecule has 0 saturated heterocycles. The van der Waals surface area contributed by atoms with Crippen molar-refractivity contribution < 1.29 is 27.8 Å². The molecule has 2 atom stereocenters. The predicted molar refractivity (Wildman–Crippen MR) is 136 cm³/mol. The van der Waals surface area contributed by atoms with Crippen molar-refractivity contribution in [2.24, 2.45) is 5.92 Å². The number of benzene rings is 3. The van der Waals surface area contributed by atoms with E-state index >= 15 is 0 Å². The van der Waals surface area contributed by atoms with Gasteiger partial charge in [-0.3, -0.25) is 4.79 Å². The molecule has 3 aromatic carbocycles. The van der Waals surface area contributed by atoms with Crippen LogP contribution in [0.2, 0.25) is 0 Å². The lowest BCUT2D eigenvalue weighted by atomic mass is 9.96. The third-order valence-electron chi connectivity index (χ3n) is 6.04. The molecule has 0 heterocycles. The summed E-state index contributed by atoms with van der Waals surface area (Å²) < 4.78 is 38.1. The second-order valence-electron chi connectivity index (χ2n) is 8.39. The maximum atomic E-state index is 13.6. The van der Waals surface area contributed by atoms with Gasteiger partial charge in [0.25, 0.3) is 0 Å². The number of para-hydroxylation sites is 1. The van der Waals surface area contributed by atoms with Crippen LogP contribution >= 0.6 is 0 Å². The summed E-state index contributed by atoms with van der Waals surface area (Å²) in [5.41, 5.74) is 1.17. The molecule has 0 aliphatic heterocycles. The number of rotatable bonds is 14. The summed E-state index contributed by atoms with van der Waals surface area (Å²) in [7, 11) is -2.40. The van der Waals surface area contributed by atoms with Crippen LogP contribution in [0.4, 0.5) is 0 Å². The third kappa shape index (κ3) is 7.59. The minimum atomic E-state index is -3.90. The minimum Gasteiger partial charge on any atom is -0.497 e. The van der Waals surface area contributed by atoms with Crippen LogP contribution in [0.15, 0.2) is 89.8 Å². The first-order chi connectivity index (χ1) is 16.9. The van der Waals surface area contributed by atoms with Crippen LogP contribution in [-0.4, -0.2) is 38.5 Å². The van der Waals surface area contributed by atoms with Gasteiger partial charge in [0.2, 0.25) is 0 Å². The molecule has 0 amide bonds. The Morgan fingerprint density at radius 2 is 1.46 bits per heavy atom. The van der Waals surface area contributed by atoms with Crippen molar-refractivity contribution in [3.8, 4) is 11.5 Å². The van der Waals surface area contributed by atoms with E-state index < -0.39 is 27.0 Å². The van der Waals surface area contributed by atoms with Crippen molar-refractivity contribution in [1.82, 2.24) is 0 Å². The second kappa shape index (κ2) is 13.0. The number of carbonyl (C=O) groups is 1. The van der Waals surface area contributed by atoms with Crippen LogP contribution in [0.5, 0.6) is 11.5 Å². The van der Waals surface area contributed by atoms with E-state index in [1.807, 2.05) is 48.5 Å². The molecule has 0 saturated carbocycles. The summed E-state index contributed by atoms with van der Waals surface area (Å²) in [6.07, 6.45) is 2.52. The summed E-state index contributed by atoms with van der Waals surface area (Å²) in [5.74, 6) is -1.07. The molecular formula is C28H32O6S. The highest BCUT2D eigenvalue weighted by Gasteiger charge is 2.38. The van der Waals surface area contributed by atoms with E-state index in [0.29, 0.717) is 17.9 Å². The van der Waals surface area contributed by atoms with Gasteiger partial charge in [0.15, 0.2) is 9.84 Å². The smallest absolute Gasteiger partial charge is 0.307 e. The monoisotopic (exact) mass is 496 g/mol. The van der Waals surface area contributed by atoms with E-state index in [1.54, 1.807) is 24.3 Å². The van der Waals surface area contributed by atoms with E-state index in [-0.39, 0.29) is 24.3 Å². The van der Waals surface area contributed by atoms with Crippen LogP contribution in [0.1, 0.15) is 31.2 Å². The second-order valence-corrected chi connectivity index (χ2v) is 10.6. The van der Waals surface area contributed by atoms with Crippen molar-refractivity contribution in [2.75, 3.05) is 13.7 Å². The number of hydrogen-bond acceptors (Lipinski definition) is 5. The molecule has 0 aromatic heterocycles. The van der Waals surface area contributed by atoms with Crippen molar-refractivity contribution >= 4 is 15.8 Å². The molecule has 0 fully saturated rings. The third-order valence-corrected chi connectivity index (χ3v) is 8.33. The molecule has 0 bridgehead atoms. The van der Waals surface area contributed by atoms with Crippen LogP contribution in [-0.2, 0) is 21.1 Å². The summed E-state index contributed by atoms with van der Waals surface area (Å²) in [6.45, 7) is 0.111. The van der Waals surface area contributed by atoms with Gasteiger partial charge in [-0.15, -0.1) is 0 Å². The van der Waals surface area contributed by atoms with Gasteiger partial charge in [-0.2, -0.15) is 0 Å². The van der Waals surface area contributed by atoms with E-state index in [0.717, 1.165) is 12.8 Å². The standard InChI is InChI=1S/C28H32O6S/c1-33-23-16-18-25(19-17-23)35(31,32)27(15-9-8-12-22-10-4-2-5-11-22)26(28(29)30)20-21-34-24-13-6-3-7-14-24/h2-7,10-11,13-14,16-19,26-27H,8-9,12,15,20-21H2,1H3,(H,29,30)/t26-,27+/m0/s1. The van der Waals surface area contributed by atoms with Crippen LogP contribution in [0.25, 0.3) is 0 Å². The Balaban J connectivity index is 1.77. The van der Waals surface area contributed by atoms with E-state index in [1.165, 1.54) is 24.8 Å². The molecule has 1 N–H and O–H groups in total. The summed E-state index contributed by atoms with van der Waals surface area (Å²) >= 11 is 0. The number of carboxylic acids is 1. The summed E-state index contributed by atoms with van der Waals surface area (Å²) in [4.78, 5) is 12.4. The molecule has 3 rings (SSSR count). The number of aryl methyl sites for hydroxylation is 1. The Bertz CT molecular complexity index is 1150. The molecule has 0 spiro atoms. The first-order valence-corrected chi connectivity index (χ1v) is 13.3. The Morgan fingerprint density at radius 3 is 2.06 bits per heavy atom. The normalized spacial score (nSPS) is 13.1. The predicted octanol–water partition coefficient (Wildman–Crippen LogP) is 5.42. The number of hydrogen-bond donors (Lipinski definition) is 1. The van der Waals surface area contributed by atoms with Crippen LogP contribution in [0.3, 0.4) is 0 Å². The van der Waals surface area contributed by atoms with E-state index in [4.69, 9.17) is 9.47 Å². The molecule has 186 valence electrons. The van der Waals surface area contributed by atoms with E-state index in [9.17, 15) is 18.3 Å². The average molecular weight is 497 g/mol. The Morgan fingerprint density at radius 1 is 0.829 bits per heavy atom. The fraction of sp³-hybridized carbons (Fsp3) is 0.321. The maximum Gasteiger partial charge on any atom is 0.307 e. The average Bonchev–Trinajstić information content (AvgIpc) is 2.88. The minimum absolute atomic E-state index is 0.0863. The molecule has 0 radical (unpaired) electrons. The number of methoxy groups -OCH3 is 1. The zero-order valence-corrected chi connectivity index (χ0v) is 20.7. The molecule has 7 heteroatoms. The fourth-order valence-corrected chi connectivity index (χ4v) is 6.15. The maximum absolute atomic E-state index is 13.6. The SMILES string of the molecule is COc1ccc(S(=O)(=O)[C@H](CCCCc2ccccc2)[C@H](CCOc2ccccc2)C(=O)O)cc1. The molecule has 6 nitrogen and oxygen atoms in total. The Labute approximate surface area is 207 Å². The fourth-order valence-electron chi connectivity index (χ4n) is 4.12. The van der Waals surface area contributed by atoms with Crippen LogP contribution < -0.4 is 9.47 Å². The number of ether oxygens (including phenoxy) is 2. The molecular weight excluding hydrogens is 464 g/mol. The Kier molecular flexibility index (Phi) is 9.73. The summed E-state index contributed by atoms with van der Waals surface area (Å²) in [5, 5.41) is 8.96. The van der Waals surface area contributed by atoms with Gasteiger partial charge in [0.1, 0.15) is 11.5 Å². The lowest BCUT2D eigenvalue weighted by molar-refractivity contribution is -0.142.